The lowest BCUT2D eigenvalue weighted by Crippen LogP contribution is -2.43. The first-order valence-electron chi connectivity index (χ1n) is 10.8. The molecule has 6 N–H and O–H groups in total. The molecule has 0 fully saturated rings. The summed E-state index contributed by atoms with van der Waals surface area (Å²) in [5.41, 5.74) is 10.4. The van der Waals surface area contributed by atoms with Gasteiger partial charge in [-0.25, -0.2) is 4.79 Å². The molecule has 1 atom stereocenters. The van der Waals surface area contributed by atoms with E-state index in [0.717, 1.165) is 0 Å². The molecule has 2 aromatic carbocycles. The second-order valence-corrected chi connectivity index (χ2v) is 7.59. The molecule has 0 aliphatic carbocycles. The molecule has 0 bridgehead atoms. The Balaban J connectivity index is 1.64. The number of fused-ring (bicyclic) bond motifs is 1. The summed E-state index contributed by atoms with van der Waals surface area (Å²) in [5, 5.41) is 12.0. The molecular weight excluding hydrogens is 456 g/mol. The van der Waals surface area contributed by atoms with Crippen LogP contribution in [0.3, 0.4) is 0 Å². The Hall–Kier alpha value is -4.54. The number of carboxylic acid groups (broad SMARTS) is 1. The molecule has 1 unspecified atom stereocenters. The summed E-state index contributed by atoms with van der Waals surface area (Å²) < 4.78 is 16.9. The van der Waals surface area contributed by atoms with Gasteiger partial charge in [0.1, 0.15) is 28.9 Å². The zero-order valence-electron chi connectivity index (χ0n) is 19.0. The van der Waals surface area contributed by atoms with Gasteiger partial charge in [0.15, 0.2) is 12.6 Å². The third kappa shape index (κ3) is 6.97. The van der Waals surface area contributed by atoms with Crippen LogP contribution in [0.1, 0.15) is 18.6 Å². The number of benzene rings is 2. The fourth-order valence-electron chi connectivity index (χ4n) is 3.23. The molecule has 1 heterocycles. The van der Waals surface area contributed by atoms with E-state index in [1.807, 2.05) is 6.07 Å². The van der Waals surface area contributed by atoms with Crippen molar-refractivity contribution in [2.75, 3.05) is 13.2 Å². The highest BCUT2D eigenvalue weighted by Crippen LogP contribution is 2.27. The Kier molecular flexibility index (Phi) is 8.28. The summed E-state index contributed by atoms with van der Waals surface area (Å²) >= 11 is 0. The lowest BCUT2D eigenvalue weighted by molar-refractivity contribution is -0.142. The Morgan fingerprint density at radius 2 is 1.89 bits per heavy atom. The minimum Gasteiger partial charge on any atom is -0.484 e. The number of nitrogens with zero attached hydrogens (tertiary/aromatic N) is 1. The molecule has 11 nitrogen and oxygen atoms in total. The Morgan fingerprint density at radius 1 is 1.14 bits per heavy atom. The maximum atomic E-state index is 12.9. The van der Waals surface area contributed by atoms with Crippen LogP contribution >= 0.6 is 0 Å². The number of hydrogen-bond donors (Lipinski definition) is 4. The van der Waals surface area contributed by atoms with E-state index < -0.39 is 24.5 Å². The van der Waals surface area contributed by atoms with Crippen molar-refractivity contribution in [1.82, 2.24) is 5.32 Å². The van der Waals surface area contributed by atoms with Gasteiger partial charge in [0.2, 0.25) is 11.2 Å². The van der Waals surface area contributed by atoms with Crippen molar-refractivity contribution >= 4 is 28.8 Å². The Labute approximate surface area is 200 Å². The third-order valence-corrected chi connectivity index (χ3v) is 4.90. The topological polar surface area (TPSA) is 179 Å². The lowest BCUT2D eigenvalue weighted by Gasteiger charge is -2.14. The van der Waals surface area contributed by atoms with E-state index in [4.69, 9.17) is 25.4 Å². The average Bonchev–Trinajstić information content (AvgIpc) is 2.82. The fourth-order valence-corrected chi connectivity index (χ4v) is 3.23. The quantitative estimate of drug-likeness (QED) is 0.180. The smallest absolute Gasteiger partial charge is 0.326 e. The molecule has 0 spiro atoms. The van der Waals surface area contributed by atoms with E-state index in [1.165, 1.54) is 18.2 Å². The van der Waals surface area contributed by atoms with Crippen LogP contribution in [-0.2, 0) is 9.59 Å². The average molecular weight is 482 g/mol. The van der Waals surface area contributed by atoms with E-state index >= 15 is 0 Å². The maximum Gasteiger partial charge on any atom is 0.326 e. The van der Waals surface area contributed by atoms with Crippen LogP contribution in [0.5, 0.6) is 17.2 Å². The standard InChI is InChI=1S/C24H26N4O7/c1-14-22(35-15-6-3-2-4-7-15)21(30)17-10-9-16(12-19(17)34-14)33-13-20(29)28-18(23(31)32)8-5-11-27-24(25)26/h2-4,6-7,9-10,12,18H,5,8,11,13H2,1H3,(H,28,29)(H,31,32)(H4,25,26,27). The Morgan fingerprint density at radius 3 is 2.57 bits per heavy atom. The SMILES string of the molecule is Cc1oc2cc(OCC(=O)NC(CCCN=C(N)N)C(=O)O)ccc2c(=O)c1Oc1ccccc1. The van der Waals surface area contributed by atoms with Gasteiger partial charge in [-0.2, -0.15) is 0 Å². The van der Waals surface area contributed by atoms with Crippen LogP contribution in [0, 0.1) is 6.92 Å². The zero-order valence-corrected chi connectivity index (χ0v) is 19.0. The van der Waals surface area contributed by atoms with Crippen molar-refractivity contribution in [3.8, 4) is 17.2 Å². The number of nitrogens with two attached hydrogens (primary N) is 2. The number of rotatable bonds is 11. The van der Waals surface area contributed by atoms with Crippen molar-refractivity contribution < 1.29 is 28.6 Å². The number of para-hydroxylation sites is 1. The van der Waals surface area contributed by atoms with Gasteiger partial charge in [-0.1, -0.05) is 18.2 Å². The first kappa shape index (κ1) is 25.1. The van der Waals surface area contributed by atoms with Crippen LogP contribution in [0.25, 0.3) is 11.0 Å². The van der Waals surface area contributed by atoms with Crippen molar-refractivity contribution in [3.63, 3.8) is 0 Å². The van der Waals surface area contributed by atoms with Crippen LogP contribution in [-0.4, -0.2) is 42.1 Å². The summed E-state index contributed by atoms with van der Waals surface area (Å²) in [5.74, 6) is -0.753. The predicted molar refractivity (Wildman–Crippen MR) is 129 cm³/mol. The van der Waals surface area contributed by atoms with Crippen LogP contribution < -0.4 is 31.7 Å². The summed E-state index contributed by atoms with van der Waals surface area (Å²) in [7, 11) is 0. The molecule has 0 saturated heterocycles. The first-order chi connectivity index (χ1) is 16.7. The van der Waals surface area contributed by atoms with Gasteiger partial charge < -0.3 is 35.8 Å². The number of hydrogen-bond acceptors (Lipinski definition) is 7. The monoisotopic (exact) mass is 482 g/mol. The number of aryl methyl sites for hydroxylation is 1. The van der Waals surface area contributed by atoms with E-state index in [0.29, 0.717) is 12.2 Å². The van der Waals surface area contributed by atoms with Crippen molar-refractivity contribution in [3.05, 3.63) is 64.5 Å². The van der Waals surface area contributed by atoms with Gasteiger partial charge in [-0.3, -0.25) is 14.6 Å². The second kappa shape index (κ2) is 11.5. The highest BCUT2D eigenvalue weighted by molar-refractivity contribution is 5.84. The van der Waals surface area contributed by atoms with E-state index in [2.05, 4.69) is 10.3 Å². The van der Waals surface area contributed by atoms with Gasteiger partial charge >= 0.3 is 5.97 Å². The number of aliphatic carboxylic acids is 1. The highest BCUT2D eigenvalue weighted by Gasteiger charge is 2.20. The molecule has 3 rings (SSSR count). The number of carboxylic acids is 1. The summed E-state index contributed by atoms with van der Waals surface area (Å²) in [4.78, 5) is 40.3. The van der Waals surface area contributed by atoms with Gasteiger partial charge in [-0.15, -0.1) is 0 Å². The predicted octanol–water partition coefficient (Wildman–Crippen LogP) is 1.90. The summed E-state index contributed by atoms with van der Waals surface area (Å²) in [6.45, 7) is 1.43. The van der Waals surface area contributed by atoms with Gasteiger partial charge in [0, 0.05) is 12.6 Å². The van der Waals surface area contributed by atoms with Crippen molar-refractivity contribution in [2.24, 2.45) is 16.5 Å². The van der Waals surface area contributed by atoms with Gasteiger partial charge in [0.25, 0.3) is 5.91 Å². The van der Waals surface area contributed by atoms with E-state index in [1.54, 1.807) is 31.2 Å². The first-order valence-corrected chi connectivity index (χ1v) is 10.8. The molecule has 11 heteroatoms. The van der Waals surface area contributed by atoms with Crippen LogP contribution in [0.2, 0.25) is 0 Å². The molecule has 3 aromatic rings. The molecule has 1 aromatic heterocycles. The molecule has 0 radical (unpaired) electrons. The third-order valence-electron chi connectivity index (χ3n) is 4.90. The molecule has 35 heavy (non-hydrogen) atoms. The number of nitrogens with one attached hydrogen (secondary N) is 1. The molecule has 0 saturated carbocycles. The molecule has 0 aliphatic rings. The van der Waals surface area contributed by atoms with E-state index in [-0.39, 0.29) is 52.6 Å². The van der Waals surface area contributed by atoms with Gasteiger partial charge in [0.05, 0.1) is 5.39 Å². The highest BCUT2D eigenvalue weighted by atomic mass is 16.5. The minimum atomic E-state index is -1.18. The van der Waals surface area contributed by atoms with Crippen molar-refractivity contribution in [2.45, 2.75) is 25.8 Å². The Bertz CT molecular complexity index is 1280. The normalized spacial score (nSPS) is 11.5. The summed E-state index contributed by atoms with van der Waals surface area (Å²) in [6.07, 6.45) is 0.515. The number of carbonyl (C=O) groups excluding carboxylic acids is 1. The van der Waals surface area contributed by atoms with E-state index in [9.17, 15) is 19.5 Å². The maximum absolute atomic E-state index is 12.9. The minimum absolute atomic E-state index is 0.0799. The van der Waals surface area contributed by atoms with Crippen LogP contribution in [0.4, 0.5) is 0 Å². The number of carbonyl (C=O) groups is 2. The molecule has 184 valence electrons. The summed E-state index contributed by atoms with van der Waals surface area (Å²) in [6, 6.07) is 12.3. The lowest BCUT2D eigenvalue weighted by atomic mass is 10.1. The molecular formula is C24H26N4O7. The zero-order chi connectivity index (χ0) is 25.4. The molecule has 0 aliphatic heterocycles. The van der Waals surface area contributed by atoms with Gasteiger partial charge in [-0.05, 0) is 44.0 Å². The largest absolute Gasteiger partial charge is 0.484 e. The van der Waals surface area contributed by atoms with Crippen LogP contribution in [0.15, 0.2) is 62.7 Å². The fraction of sp³-hybridized carbons (Fsp3) is 0.250. The molecule has 1 amide bonds. The number of ether oxygens (including phenoxy) is 2. The number of guanidine groups is 1. The van der Waals surface area contributed by atoms with Crippen molar-refractivity contribution in [1.29, 1.82) is 0 Å². The number of amides is 1. The second-order valence-electron chi connectivity index (χ2n) is 7.59. The number of aliphatic imine (C=N–C) groups is 1.